The highest BCUT2D eigenvalue weighted by Crippen LogP contribution is 2.35. The van der Waals surface area contributed by atoms with Gasteiger partial charge in [-0.3, -0.25) is 4.79 Å². The Morgan fingerprint density at radius 1 is 1.05 bits per heavy atom. The number of rotatable bonds is 2. The first kappa shape index (κ1) is 12.6. The topological polar surface area (TPSA) is 51.9 Å². The molecule has 1 aliphatic heterocycles. The molecule has 1 aliphatic rings. The number of benzene rings is 1. The van der Waals surface area contributed by atoms with Gasteiger partial charge < -0.3 is 18.8 Å². The van der Waals surface area contributed by atoms with Crippen molar-refractivity contribution in [3.63, 3.8) is 0 Å². The average molecular weight is 273 g/mol. The molecule has 0 N–H and O–H groups in total. The minimum atomic E-state index is -0.159. The van der Waals surface area contributed by atoms with Gasteiger partial charge >= 0.3 is 0 Å². The summed E-state index contributed by atoms with van der Waals surface area (Å²) >= 11 is 0. The van der Waals surface area contributed by atoms with Gasteiger partial charge in [0, 0.05) is 19.7 Å². The number of hydrogen-bond donors (Lipinski definition) is 0. The van der Waals surface area contributed by atoms with E-state index in [1.165, 1.54) is 4.90 Å². The van der Waals surface area contributed by atoms with Crippen LogP contribution in [0.4, 0.5) is 0 Å². The van der Waals surface area contributed by atoms with Crippen molar-refractivity contribution in [1.29, 1.82) is 0 Å². The third-order valence-corrected chi connectivity index (χ3v) is 3.05. The number of carbonyl (C=O) groups excluding carboxylic acids is 1. The van der Waals surface area contributed by atoms with Gasteiger partial charge in [-0.15, -0.1) is 0 Å². The second kappa shape index (κ2) is 4.92. The molecule has 1 aromatic heterocycles. The first-order valence-electron chi connectivity index (χ1n) is 6.36. The Morgan fingerprint density at radius 3 is 2.55 bits per heavy atom. The smallest absolute Gasteiger partial charge is 0.289 e. The Balaban J connectivity index is 1.91. The fourth-order valence-electron chi connectivity index (χ4n) is 2.02. The lowest BCUT2D eigenvalue weighted by Crippen LogP contribution is -2.20. The highest BCUT2D eigenvalue weighted by molar-refractivity contribution is 5.91. The highest BCUT2D eigenvalue weighted by atomic mass is 16.6. The third-order valence-electron chi connectivity index (χ3n) is 3.05. The summed E-state index contributed by atoms with van der Waals surface area (Å²) in [5.74, 6) is 2.22. The standard InChI is InChI=1S/C15H15NO4/c1-16(2)15(17)13-6-5-11(20-13)10-3-4-12-14(9-10)19-8-7-18-12/h3-6,9H,7-8H2,1-2H3. The summed E-state index contributed by atoms with van der Waals surface area (Å²) in [5, 5.41) is 0. The zero-order valence-corrected chi connectivity index (χ0v) is 11.4. The number of amides is 1. The van der Waals surface area contributed by atoms with Crippen LogP contribution in [0.2, 0.25) is 0 Å². The van der Waals surface area contributed by atoms with Crippen LogP contribution < -0.4 is 9.47 Å². The molecular formula is C15H15NO4. The number of hydrogen-bond acceptors (Lipinski definition) is 4. The van der Waals surface area contributed by atoms with E-state index < -0.39 is 0 Å². The van der Waals surface area contributed by atoms with Crippen LogP contribution in [0, 0.1) is 0 Å². The third kappa shape index (κ3) is 2.22. The van der Waals surface area contributed by atoms with Crippen molar-refractivity contribution in [3.05, 3.63) is 36.1 Å². The van der Waals surface area contributed by atoms with E-state index in [0.29, 0.717) is 30.5 Å². The lowest BCUT2D eigenvalue weighted by atomic mass is 10.1. The molecule has 0 fully saturated rings. The van der Waals surface area contributed by atoms with E-state index in [-0.39, 0.29) is 5.91 Å². The van der Waals surface area contributed by atoms with E-state index in [1.54, 1.807) is 26.2 Å². The molecule has 5 heteroatoms. The van der Waals surface area contributed by atoms with E-state index in [2.05, 4.69) is 0 Å². The summed E-state index contributed by atoms with van der Waals surface area (Å²) in [5.41, 5.74) is 0.854. The van der Waals surface area contributed by atoms with Crippen LogP contribution in [0.5, 0.6) is 11.5 Å². The van der Waals surface area contributed by atoms with Crippen molar-refractivity contribution in [2.45, 2.75) is 0 Å². The Bertz CT molecular complexity index is 645. The number of fused-ring (bicyclic) bond motifs is 1. The van der Waals surface area contributed by atoms with Gasteiger partial charge in [-0.2, -0.15) is 0 Å². The van der Waals surface area contributed by atoms with Gasteiger partial charge in [0.05, 0.1) is 0 Å². The molecule has 0 spiro atoms. The van der Waals surface area contributed by atoms with E-state index in [1.807, 2.05) is 18.2 Å². The van der Waals surface area contributed by atoms with Crippen molar-refractivity contribution in [1.82, 2.24) is 4.90 Å². The first-order valence-corrected chi connectivity index (χ1v) is 6.36. The molecule has 0 bridgehead atoms. The monoisotopic (exact) mass is 273 g/mol. The molecule has 104 valence electrons. The van der Waals surface area contributed by atoms with Crippen LogP contribution in [0.15, 0.2) is 34.7 Å². The molecule has 0 atom stereocenters. The average Bonchev–Trinajstić information content (AvgIpc) is 2.95. The van der Waals surface area contributed by atoms with Crippen LogP contribution in [-0.4, -0.2) is 38.1 Å². The molecule has 0 radical (unpaired) electrons. The Kier molecular flexibility index (Phi) is 3.10. The second-order valence-electron chi connectivity index (χ2n) is 4.72. The molecule has 2 aromatic rings. The summed E-state index contributed by atoms with van der Waals surface area (Å²) in [6.07, 6.45) is 0. The van der Waals surface area contributed by atoms with Crippen molar-refractivity contribution in [2.75, 3.05) is 27.3 Å². The number of nitrogens with zero attached hydrogens (tertiary/aromatic N) is 1. The van der Waals surface area contributed by atoms with Gasteiger partial charge in [-0.05, 0) is 30.3 Å². The van der Waals surface area contributed by atoms with Gasteiger partial charge in [-0.1, -0.05) is 0 Å². The summed E-state index contributed by atoms with van der Waals surface area (Å²) in [4.78, 5) is 13.3. The Hall–Kier alpha value is -2.43. The quantitative estimate of drug-likeness (QED) is 0.843. The fourth-order valence-corrected chi connectivity index (χ4v) is 2.02. The maximum Gasteiger partial charge on any atom is 0.289 e. The number of carbonyl (C=O) groups is 1. The molecule has 1 amide bonds. The minimum Gasteiger partial charge on any atom is -0.486 e. The normalized spacial score (nSPS) is 13.1. The molecule has 0 saturated heterocycles. The molecule has 1 aromatic carbocycles. The fraction of sp³-hybridized carbons (Fsp3) is 0.267. The molecule has 0 unspecified atom stereocenters. The minimum absolute atomic E-state index is 0.159. The van der Waals surface area contributed by atoms with E-state index in [0.717, 1.165) is 11.3 Å². The SMILES string of the molecule is CN(C)C(=O)c1ccc(-c2ccc3c(c2)OCCO3)o1. The summed E-state index contributed by atoms with van der Waals surface area (Å²) in [6, 6.07) is 9.05. The Labute approximate surface area is 116 Å². The zero-order chi connectivity index (χ0) is 14.1. The molecule has 0 aliphatic carbocycles. The van der Waals surface area contributed by atoms with E-state index >= 15 is 0 Å². The molecular weight excluding hydrogens is 258 g/mol. The molecule has 3 rings (SSSR count). The van der Waals surface area contributed by atoms with Gasteiger partial charge in [0.15, 0.2) is 17.3 Å². The van der Waals surface area contributed by atoms with Crippen LogP contribution in [0.1, 0.15) is 10.6 Å². The van der Waals surface area contributed by atoms with E-state index in [9.17, 15) is 4.79 Å². The van der Waals surface area contributed by atoms with Crippen LogP contribution in [0.25, 0.3) is 11.3 Å². The van der Waals surface area contributed by atoms with Crippen molar-refractivity contribution >= 4 is 5.91 Å². The maximum atomic E-state index is 11.8. The maximum absolute atomic E-state index is 11.8. The molecule has 20 heavy (non-hydrogen) atoms. The van der Waals surface area contributed by atoms with Crippen LogP contribution in [-0.2, 0) is 0 Å². The van der Waals surface area contributed by atoms with Gasteiger partial charge in [0.25, 0.3) is 5.91 Å². The lowest BCUT2D eigenvalue weighted by Gasteiger charge is -2.18. The number of furan rings is 1. The van der Waals surface area contributed by atoms with Gasteiger partial charge in [-0.25, -0.2) is 0 Å². The lowest BCUT2D eigenvalue weighted by molar-refractivity contribution is 0.0797. The van der Waals surface area contributed by atoms with Crippen LogP contribution in [0.3, 0.4) is 0 Å². The number of ether oxygens (including phenoxy) is 2. The molecule has 2 heterocycles. The zero-order valence-electron chi connectivity index (χ0n) is 11.4. The predicted molar refractivity (Wildman–Crippen MR) is 73.2 cm³/mol. The van der Waals surface area contributed by atoms with Crippen molar-refractivity contribution < 1.29 is 18.7 Å². The summed E-state index contributed by atoms with van der Waals surface area (Å²) in [6.45, 7) is 1.10. The highest BCUT2D eigenvalue weighted by Gasteiger charge is 2.16. The van der Waals surface area contributed by atoms with Crippen LogP contribution >= 0.6 is 0 Å². The Morgan fingerprint density at radius 2 is 1.80 bits per heavy atom. The second-order valence-corrected chi connectivity index (χ2v) is 4.72. The summed E-state index contributed by atoms with van der Waals surface area (Å²) in [7, 11) is 3.38. The molecule has 5 nitrogen and oxygen atoms in total. The largest absolute Gasteiger partial charge is 0.486 e. The van der Waals surface area contributed by atoms with E-state index in [4.69, 9.17) is 13.9 Å². The van der Waals surface area contributed by atoms with Crippen molar-refractivity contribution in [3.8, 4) is 22.8 Å². The summed E-state index contributed by atoms with van der Waals surface area (Å²) < 4.78 is 16.6. The molecule has 0 saturated carbocycles. The van der Waals surface area contributed by atoms with Gasteiger partial charge in [0.1, 0.15) is 19.0 Å². The predicted octanol–water partition coefficient (Wildman–Crippen LogP) is 2.42. The first-order chi connectivity index (χ1) is 9.65. The van der Waals surface area contributed by atoms with Gasteiger partial charge in [0.2, 0.25) is 0 Å². The van der Waals surface area contributed by atoms with Crippen molar-refractivity contribution in [2.24, 2.45) is 0 Å².